The summed E-state index contributed by atoms with van der Waals surface area (Å²) in [6.07, 6.45) is 1.95. The standard InChI is InChI=1S/C32H27FN4O/c33-29-11-5-6-12-30(29)37-21-28-26-10-4-3-9-25(26)24(17-27(28)32(37)38)20-35-13-15-36(16-14-35)31-18-22-7-1-2-8-23(22)19-34-31/h1-12,17-19H,13-16,20-21H2. The van der Waals surface area contributed by atoms with Gasteiger partial charge in [-0.15, -0.1) is 0 Å². The number of rotatable bonds is 4. The molecule has 0 radical (unpaired) electrons. The van der Waals surface area contributed by atoms with Crippen LogP contribution < -0.4 is 9.80 Å². The second-order valence-corrected chi connectivity index (χ2v) is 10.1. The van der Waals surface area contributed by atoms with E-state index in [4.69, 9.17) is 4.98 Å². The molecule has 4 aromatic carbocycles. The number of aromatic nitrogens is 1. The molecule has 3 heterocycles. The van der Waals surface area contributed by atoms with Gasteiger partial charge in [0.25, 0.3) is 5.91 Å². The largest absolute Gasteiger partial charge is 0.354 e. The van der Waals surface area contributed by atoms with Crippen molar-refractivity contribution in [1.82, 2.24) is 9.88 Å². The Bertz CT molecular complexity index is 1690. The van der Waals surface area contributed by atoms with E-state index in [1.807, 2.05) is 30.5 Å². The molecule has 0 saturated carbocycles. The maximum absolute atomic E-state index is 14.6. The molecule has 0 aliphatic carbocycles. The molecule has 38 heavy (non-hydrogen) atoms. The molecule has 5 nitrogen and oxygen atoms in total. The summed E-state index contributed by atoms with van der Waals surface area (Å²) < 4.78 is 14.6. The van der Waals surface area contributed by atoms with Gasteiger partial charge in [0.1, 0.15) is 11.6 Å². The van der Waals surface area contributed by atoms with Gasteiger partial charge in [0.05, 0.1) is 12.2 Å². The zero-order chi connectivity index (χ0) is 25.6. The molecule has 5 aromatic rings. The van der Waals surface area contributed by atoms with Gasteiger partial charge in [-0.1, -0.05) is 60.7 Å². The minimum absolute atomic E-state index is 0.135. The maximum atomic E-state index is 14.6. The number of benzene rings is 4. The highest BCUT2D eigenvalue weighted by Crippen LogP contribution is 2.36. The van der Waals surface area contributed by atoms with Crippen molar-refractivity contribution in [3.8, 4) is 0 Å². The number of hydrogen-bond donors (Lipinski definition) is 0. The van der Waals surface area contributed by atoms with Gasteiger partial charge in [0, 0.05) is 49.9 Å². The lowest BCUT2D eigenvalue weighted by Gasteiger charge is -2.35. The van der Waals surface area contributed by atoms with E-state index in [2.05, 4.69) is 46.2 Å². The van der Waals surface area contributed by atoms with Crippen molar-refractivity contribution >= 4 is 39.0 Å². The molecular formula is C32H27FN4O. The fraction of sp³-hybridized carbons (Fsp3) is 0.188. The molecule has 1 saturated heterocycles. The molecule has 1 amide bonds. The SMILES string of the molecule is O=C1c2cc(CN3CCN(c4cc5ccccc5cn4)CC3)c3ccccc3c2CN1c1ccccc1F. The van der Waals surface area contributed by atoms with E-state index in [1.165, 1.54) is 11.5 Å². The van der Waals surface area contributed by atoms with Gasteiger partial charge in [-0.25, -0.2) is 9.37 Å². The molecule has 0 N–H and O–H groups in total. The predicted molar refractivity (Wildman–Crippen MR) is 150 cm³/mol. The van der Waals surface area contributed by atoms with Crippen LogP contribution in [0.5, 0.6) is 0 Å². The van der Waals surface area contributed by atoms with E-state index in [0.717, 1.165) is 65.8 Å². The average molecular weight is 503 g/mol. The number of anilines is 2. The smallest absolute Gasteiger partial charge is 0.259 e. The zero-order valence-corrected chi connectivity index (χ0v) is 21.0. The van der Waals surface area contributed by atoms with E-state index >= 15 is 0 Å². The average Bonchev–Trinajstić information content (AvgIpc) is 3.29. The highest BCUT2D eigenvalue weighted by Gasteiger charge is 2.32. The van der Waals surface area contributed by atoms with Crippen LogP contribution in [0.3, 0.4) is 0 Å². The molecular weight excluding hydrogens is 475 g/mol. The van der Waals surface area contributed by atoms with Crippen LogP contribution in [0.4, 0.5) is 15.9 Å². The molecule has 2 aliphatic heterocycles. The van der Waals surface area contributed by atoms with Crippen molar-refractivity contribution in [3.63, 3.8) is 0 Å². The van der Waals surface area contributed by atoms with Gasteiger partial charge in [0.15, 0.2) is 0 Å². The van der Waals surface area contributed by atoms with Gasteiger partial charge in [-0.05, 0) is 51.6 Å². The van der Waals surface area contributed by atoms with E-state index in [-0.39, 0.29) is 11.7 Å². The van der Waals surface area contributed by atoms with E-state index in [0.29, 0.717) is 17.8 Å². The van der Waals surface area contributed by atoms with Crippen LogP contribution in [0, 0.1) is 5.82 Å². The molecule has 6 heteroatoms. The Kier molecular flexibility index (Phi) is 5.55. The third kappa shape index (κ3) is 3.89. The van der Waals surface area contributed by atoms with Crippen molar-refractivity contribution in [1.29, 1.82) is 0 Å². The van der Waals surface area contributed by atoms with Crippen LogP contribution in [-0.4, -0.2) is 42.0 Å². The van der Waals surface area contributed by atoms with E-state index in [9.17, 15) is 9.18 Å². The van der Waals surface area contributed by atoms with Crippen LogP contribution in [0.2, 0.25) is 0 Å². The quantitative estimate of drug-likeness (QED) is 0.302. The molecule has 0 unspecified atom stereocenters. The molecule has 1 fully saturated rings. The molecule has 0 atom stereocenters. The second-order valence-electron chi connectivity index (χ2n) is 10.1. The minimum Gasteiger partial charge on any atom is -0.354 e. The van der Waals surface area contributed by atoms with Crippen LogP contribution in [0.15, 0.2) is 91.1 Å². The van der Waals surface area contributed by atoms with Crippen molar-refractivity contribution in [3.05, 3.63) is 114 Å². The molecule has 0 spiro atoms. The van der Waals surface area contributed by atoms with Gasteiger partial charge in [0.2, 0.25) is 0 Å². The first-order chi connectivity index (χ1) is 18.7. The summed E-state index contributed by atoms with van der Waals surface area (Å²) in [5.74, 6) is 0.506. The lowest BCUT2D eigenvalue weighted by atomic mass is 9.95. The molecule has 0 bridgehead atoms. The van der Waals surface area contributed by atoms with Crippen molar-refractivity contribution in [2.24, 2.45) is 0 Å². The maximum Gasteiger partial charge on any atom is 0.259 e. The van der Waals surface area contributed by atoms with Crippen LogP contribution >= 0.6 is 0 Å². The number of amides is 1. The monoisotopic (exact) mass is 502 g/mol. The number of halogens is 1. The molecule has 188 valence electrons. The van der Waals surface area contributed by atoms with Crippen LogP contribution in [-0.2, 0) is 13.1 Å². The summed E-state index contributed by atoms with van der Waals surface area (Å²) in [6, 6.07) is 27.3. The number of piperazine rings is 1. The number of fused-ring (bicyclic) bond motifs is 4. The summed E-state index contributed by atoms with van der Waals surface area (Å²) in [5.41, 5.74) is 3.13. The third-order valence-electron chi connectivity index (χ3n) is 7.88. The Hall–Kier alpha value is -4.29. The first-order valence-corrected chi connectivity index (χ1v) is 13.1. The van der Waals surface area contributed by atoms with Crippen molar-refractivity contribution < 1.29 is 9.18 Å². The normalized spacial score (nSPS) is 16.0. The minimum atomic E-state index is -0.378. The Labute approximate surface area is 220 Å². The Morgan fingerprint density at radius 1 is 0.789 bits per heavy atom. The first-order valence-electron chi connectivity index (χ1n) is 13.1. The summed E-state index contributed by atoms with van der Waals surface area (Å²) in [6.45, 7) is 4.76. The first kappa shape index (κ1) is 22.9. The lowest BCUT2D eigenvalue weighted by Crippen LogP contribution is -2.46. The van der Waals surface area contributed by atoms with Gasteiger partial charge < -0.3 is 9.80 Å². The number of pyridine rings is 1. The van der Waals surface area contributed by atoms with Crippen molar-refractivity contribution in [2.45, 2.75) is 13.1 Å². The Morgan fingerprint density at radius 3 is 2.32 bits per heavy atom. The highest BCUT2D eigenvalue weighted by molar-refractivity contribution is 6.14. The van der Waals surface area contributed by atoms with E-state index < -0.39 is 0 Å². The molecule has 2 aliphatic rings. The van der Waals surface area contributed by atoms with Gasteiger partial charge in [-0.2, -0.15) is 0 Å². The van der Waals surface area contributed by atoms with Gasteiger partial charge in [-0.3, -0.25) is 9.69 Å². The second kappa shape index (κ2) is 9.23. The lowest BCUT2D eigenvalue weighted by molar-refractivity contribution is 0.0995. The predicted octanol–water partition coefficient (Wildman–Crippen LogP) is 6.01. The number of hydrogen-bond acceptors (Lipinski definition) is 4. The molecule has 7 rings (SSSR count). The van der Waals surface area contributed by atoms with Crippen LogP contribution in [0.1, 0.15) is 21.5 Å². The summed E-state index contributed by atoms with van der Waals surface area (Å²) in [7, 11) is 0. The van der Waals surface area contributed by atoms with Crippen LogP contribution in [0.25, 0.3) is 21.5 Å². The number of para-hydroxylation sites is 1. The number of carbonyl (C=O) groups is 1. The van der Waals surface area contributed by atoms with Crippen molar-refractivity contribution in [2.75, 3.05) is 36.0 Å². The zero-order valence-electron chi connectivity index (χ0n) is 21.0. The van der Waals surface area contributed by atoms with E-state index in [1.54, 1.807) is 23.1 Å². The number of nitrogens with zero attached hydrogens (tertiary/aromatic N) is 4. The highest BCUT2D eigenvalue weighted by atomic mass is 19.1. The fourth-order valence-electron chi connectivity index (χ4n) is 5.86. The molecule has 1 aromatic heterocycles. The Morgan fingerprint density at radius 2 is 1.50 bits per heavy atom. The number of carbonyl (C=O) groups excluding carboxylic acids is 1. The Balaban J connectivity index is 1.14. The summed E-state index contributed by atoms with van der Waals surface area (Å²) >= 11 is 0. The third-order valence-corrected chi connectivity index (χ3v) is 7.88. The fourth-order valence-corrected chi connectivity index (χ4v) is 5.86. The van der Waals surface area contributed by atoms with Gasteiger partial charge >= 0.3 is 0 Å². The summed E-state index contributed by atoms with van der Waals surface area (Å²) in [4.78, 5) is 24.5. The summed E-state index contributed by atoms with van der Waals surface area (Å²) in [5, 5.41) is 4.60. The topological polar surface area (TPSA) is 39.7 Å².